The van der Waals surface area contributed by atoms with Crippen molar-refractivity contribution in [1.82, 2.24) is 0 Å². The Morgan fingerprint density at radius 3 is 1.38 bits per heavy atom. The summed E-state index contributed by atoms with van der Waals surface area (Å²) in [6.07, 6.45) is 45.8. The normalized spacial score (nSPS) is 13.8. The van der Waals surface area contributed by atoms with Crippen molar-refractivity contribution in [2.45, 2.75) is 193 Å². The fourth-order valence-electron chi connectivity index (χ4n) is 5.54. The number of rotatable bonds is 38. The van der Waals surface area contributed by atoms with Crippen LogP contribution in [0.2, 0.25) is 0 Å². The molecular formula is C43H77O8P. The lowest BCUT2D eigenvalue weighted by atomic mass is 10.1. The summed E-state index contributed by atoms with van der Waals surface area (Å²) < 4.78 is 31.9. The first-order chi connectivity index (χ1) is 25.3. The number of phosphoric ester groups is 1. The van der Waals surface area contributed by atoms with Gasteiger partial charge in [0, 0.05) is 20.0 Å². The number of unbranched alkanes of at least 4 members (excludes halogenated alkanes) is 19. The average molecular weight is 753 g/mol. The quantitative estimate of drug-likeness (QED) is 0.0287. The van der Waals surface area contributed by atoms with Crippen LogP contribution < -0.4 is 0 Å². The molecule has 2 unspecified atom stereocenters. The molecule has 0 saturated carbocycles. The minimum Gasteiger partial charge on any atom is -0.462 e. The first-order valence-electron chi connectivity index (χ1n) is 20.8. The van der Waals surface area contributed by atoms with Gasteiger partial charge in [0.05, 0.1) is 6.61 Å². The summed E-state index contributed by atoms with van der Waals surface area (Å²) in [5.74, 6) is -0.829. The van der Waals surface area contributed by atoms with E-state index in [1.165, 1.54) is 77.0 Å². The van der Waals surface area contributed by atoms with Gasteiger partial charge in [-0.3, -0.25) is 18.6 Å². The van der Waals surface area contributed by atoms with Crippen molar-refractivity contribution < 1.29 is 37.6 Å². The molecule has 0 aromatic carbocycles. The van der Waals surface area contributed by atoms with Crippen LogP contribution in [-0.2, 0) is 32.7 Å². The minimum absolute atomic E-state index is 0.232. The molecule has 0 aliphatic carbocycles. The second kappa shape index (κ2) is 38.7. The average Bonchev–Trinajstić information content (AvgIpc) is 3.13. The Hall–Kier alpha value is -1.99. The van der Waals surface area contributed by atoms with E-state index in [0.29, 0.717) is 6.42 Å². The van der Waals surface area contributed by atoms with Gasteiger partial charge >= 0.3 is 19.8 Å². The number of phosphoric acid groups is 1. The molecule has 0 fully saturated rings. The highest BCUT2D eigenvalue weighted by atomic mass is 31.2. The molecule has 0 aromatic rings. The molecule has 2 atom stereocenters. The predicted molar refractivity (Wildman–Crippen MR) is 216 cm³/mol. The van der Waals surface area contributed by atoms with E-state index in [4.69, 9.17) is 14.0 Å². The van der Waals surface area contributed by atoms with Crippen molar-refractivity contribution in [3.05, 3.63) is 48.6 Å². The monoisotopic (exact) mass is 753 g/mol. The molecule has 0 bridgehead atoms. The minimum atomic E-state index is -4.27. The topological polar surface area (TPSA) is 108 Å². The fraction of sp³-hybridized carbons (Fsp3) is 0.767. The molecule has 0 spiro atoms. The van der Waals surface area contributed by atoms with Gasteiger partial charge in [-0.2, -0.15) is 0 Å². The Morgan fingerprint density at radius 2 is 0.923 bits per heavy atom. The first kappa shape index (κ1) is 50.0. The molecule has 0 amide bonds. The van der Waals surface area contributed by atoms with E-state index in [0.717, 1.165) is 84.2 Å². The van der Waals surface area contributed by atoms with Gasteiger partial charge in [0.1, 0.15) is 6.61 Å². The van der Waals surface area contributed by atoms with Crippen molar-refractivity contribution in [2.75, 3.05) is 20.3 Å². The summed E-state index contributed by atoms with van der Waals surface area (Å²) in [5, 5.41) is 0. The van der Waals surface area contributed by atoms with Gasteiger partial charge in [-0.05, 0) is 77.0 Å². The van der Waals surface area contributed by atoms with Gasteiger partial charge in [-0.15, -0.1) is 0 Å². The van der Waals surface area contributed by atoms with Crippen molar-refractivity contribution >= 4 is 19.8 Å². The van der Waals surface area contributed by atoms with Crippen LogP contribution in [0.4, 0.5) is 0 Å². The predicted octanol–water partition coefficient (Wildman–Crippen LogP) is 13.0. The standard InChI is InChI=1S/C43H77O8P/c1-4-6-8-10-12-14-16-18-20-22-24-26-28-30-32-34-36-38-43(45)51-41(40-50-52(46,47)48-3)39-49-42(44)37-35-33-31-29-27-25-23-21-19-17-15-13-11-9-7-5-2/h12,14-15,17-18,20-21,23,41H,4-11,13,16,19,22,24-40H2,1-3H3,(H,46,47)/b14-12-,17-15-,20-18-,23-21-. The number of allylic oxidation sites excluding steroid dienone is 8. The maximum absolute atomic E-state index is 12.5. The van der Waals surface area contributed by atoms with Crippen molar-refractivity contribution in [3.63, 3.8) is 0 Å². The van der Waals surface area contributed by atoms with Gasteiger partial charge in [0.25, 0.3) is 0 Å². The number of esters is 2. The Bertz CT molecular complexity index is 990. The van der Waals surface area contributed by atoms with Gasteiger partial charge in [-0.1, -0.05) is 146 Å². The molecule has 8 nitrogen and oxygen atoms in total. The second-order valence-electron chi connectivity index (χ2n) is 13.8. The van der Waals surface area contributed by atoms with Gasteiger partial charge in [0.2, 0.25) is 0 Å². The highest BCUT2D eigenvalue weighted by molar-refractivity contribution is 7.47. The molecule has 0 aliphatic heterocycles. The Morgan fingerprint density at radius 1 is 0.538 bits per heavy atom. The van der Waals surface area contributed by atoms with E-state index in [1.807, 2.05) is 0 Å². The van der Waals surface area contributed by atoms with E-state index in [2.05, 4.69) is 67.0 Å². The SMILES string of the molecule is CCCCC/C=C\C/C=C\CCCCCCCCCC(=O)OC(COC(=O)CCCCCCC/C=C\C/C=C\CCCCCC)COP(=O)(O)OC. The summed E-state index contributed by atoms with van der Waals surface area (Å²) in [6.45, 7) is 3.82. The number of hydrogen-bond acceptors (Lipinski definition) is 7. The zero-order valence-electron chi connectivity index (χ0n) is 33.5. The number of carbonyl (C=O) groups is 2. The Balaban J connectivity index is 4.06. The molecule has 52 heavy (non-hydrogen) atoms. The van der Waals surface area contributed by atoms with Crippen LogP contribution in [0.3, 0.4) is 0 Å². The Labute approximate surface area is 318 Å². The third kappa shape index (κ3) is 37.8. The van der Waals surface area contributed by atoms with Crippen LogP contribution in [0.25, 0.3) is 0 Å². The first-order valence-corrected chi connectivity index (χ1v) is 22.3. The maximum Gasteiger partial charge on any atom is 0.472 e. The van der Waals surface area contributed by atoms with Crippen LogP contribution in [0.1, 0.15) is 187 Å². The molecule has 9 heteroatoms. The lowest BCUT2D eigenvalue weighted by Crippen LogP contribution is -2.29. The van der Waals surface area contributed by atoms with Crippen LogP contribution >= 0.6 is 7.82 Å². The molecule has 0 aromatic heterocycles. The van der Waals surface area contributed by atoms with Crippen molar-refractivity contribution in [2.24, 2.45) is 0 Å². The molecule has 0 rings (SSSR count). The van der Waals surface area contributed by atoms with Crippen LogP contribution in [0, 0.1) is 0 Å². The van der Waals surface area contributed by atoms with E-state index >= 15 is 0 Å². The second-order valence-corrected chi connectivity index (χ2v) is 15.3. The lowest BCUT2D eigenvalue weighted by molar-refractivity contribution is -0.161. The van der Waals surface area contributed by atoms with Crippen molar-refractivity contribution in [3.8, 4) is 0 Å². The number of hydrogen-bond donors (Lipinski definition) is 1. The maximum atomic E-state index is 12.5. The third-order valence-electron chi connectivity index (χ3n) is 8.80. The molecule has 0 saturated heterocycles. The highest BCUT2D eigenvalue weighted by Crippen LogP contribution is 2.42. The molecule has 0 aliphatic rings. The number of carbonyl (C=O) groups excluding carboxylic acids is 2. The summed E-state index contributed by atoms with van der Waals surface area (Å²) in [4.78, 5) is 34.4. The van der Waals surface area contributed by atoms with Crippen molar-refractivity contribution in [1.29, 1.82) is 0 Å². The zero-order valence-corrected chi connectivity index (χ0v) is 34.3. The Kier molecular flexibility index (Phi) is 37.2. The molecule has 0 heterocycles. The zero-order chi connectivity index (χ0) is 38.2. The highest BCUT2D eigenvalue weighted by Gasteiger charge is 2.24. The van der Waals surface area contributed by atoms with E-state index in [1.54, 1.807) is 0 Å². The summed E-state index contributed by atoms with van der Waals surface area (Å²) >= 11 is 0. The number of ether oxygens (including phenoxy) is 2. The van der Waals surface area contributed by atoms with E-state index < -0.39 is 26.5 Å². The molecular weight excluding hydrogens is 675 g/mol. The largest absolute Gasteiger partial charge is 0.472 e. The summed E-state index contributed by atoms with van der Waals surface area (Å²) in [5.41, 5.74) is 0. The van der Waals surface area contributed by atoms with E-state index in [9.17, 15) is 19.0 Å². The molecule has 1 N–H and O–H groups in total. The van der Waals surface area contributed by atoms with E-state index in [-0.39, 0.29) is 25.4 Å². The van der Waals surface area contributed by atoms with Crippen LogP contribution in [-0.4, -0.2) is 43.3 Å². The molecule has 0 radical (unpaired) electrons. The summed E-state index contributed by atoms with van der Waals surface area (Å²) in [6, 6.07) is 0. The van der Waals surface area contributed by atoms with Gasteiger partial charge in [-0.25, -0.2) is 4.57 Å². The van der Waals surface area contributed by atoms with Crippen LogP contribution in [0.15, 0.2) is 48.6 Å². The smallest absolute Gasteiger partial charge is 0.462 e. The lowest BCUT2D eigenvalue weighted by Gasteiger charge is -2.19. The fourth-order valence-corrected chi connectivity index (χ4v) is 6.00. The third-order valence-corrected chi connectivity index (χ3v) is 9.73. The van der Waals surface area contributed by atoms with Crippen LogP contribution in [0.5, 0.6) is 0 Å². The van der Waals surface area contributed by atoms with Gasteiger partial charge < -0.3 is 14.4 Å². The molecule has 302 valence electrons. The summed E-state index contributed by atoms with van der Waals surface area (Å²) in [7, 11) is -3.21. The van der Waals surface area contributed by atoms with Gasteiger partial charge in [0.15, 0.2) is 6.10 Å².